The smallest absolute Gasteiger partial charge is 0.313 e. The maximum atomic E-state index is 12.3. The van der Waals surface area contributed by atoms with E-state index in [1.165, 1.54) is 0 Å². The summed E-state index contributed by atoms with van der Waals surface area (Å²) in [5, 5.41) is 1.92. The van der Waals surface area contributed by atoms with Gasteiger partial charge in [-0.2, -0.15) is 0 Å². The van der Waals surface area contributed by atoms with Crippen molar-refractivity contribution in [3.05, 3.63) is 80.8 Å². The van der Waals surface area contributed by atoms with Crippen LogP contribution in [0.25, 0.3) is 0 Å². The number of benzene rings is 2. The second-order valence-corrected chi connectivity index (χ2v) is 8.18. The molecule has 2 aromatic carbocycles. The van der Waals surface area contributed by atoms with E-state index >= 15 is 0 Å². The van der Waals surface area contributed by atoms with Crippen LogP contribution >= 0.6 is 34.8 Å². The monoisotopic (exact) mass is 406 g/mol. The Hall–Kier alpha value is -1.48. The van der Waals surface area contributed by atoms with E-state index in [4.69, 9.17) is 39.5 Å². The van der Waals surface area contributed by atoms with Crippen molar-refractivity contribution in [1.82, 2.24) is 0 Å². The molecule has 0 bridgehead atoms. The minimum absolute atomic E-state index is 0.0270. The molecule has 2 aromatic rings. The first-order chi connectivity index (χ1) is 12.5. The van der Waals surface area contributed by atoms with E-state index in [0.717, 1.165) is 11.1 Å². The Morgan fingerprint density at radius 3 is 2.23 bits per heavy atom. The van der Waals surface area contributed by atoms with Gasteiger partial charge in [-0.05, 0) is 42.3 Å². The van der Waals surface area contributed by atoms with Gasteiger partial charge in [0.25, 0.3) is 0 Å². The maximum Gasteiger partial charge on any atom is 0.313 e. The molecule has 0 spiro atoms. The number of hydrogen-bond donors (Lipinski definition) is 0. The van der Waals surface area contributed by atoms with Gasteiger partial charge in [0.2, 0.25) is 0 Å². The van der Waals surface area contributed by atoms with Gasteiger partial charge in [0, 0.05) is 32.8 Å². The van der Waals surface area contributed by atoms with Crippen molar-refractivity contribution in [1.29, 1.82) is 0 Å². The first-order valence-electron chi connectivity index (χ1n) is 8.55. The highest BCUT2D eigenvalue weighted by Crippen LogP contribution is 2.52. The summed E-state index contributed by atoms with van der Waals surface area (Å²) in [6.45, 7) is 1.96. The molecule has 5 atom stereocenters. The second kappa shape index (κ2) is 6.92. The third-order valence-corrected chi connectivity index (χ3v) is 6.25. The van der Waals surface area contributed by atoms with Gasteiger partial charge in [0.05, 0.1) is 5.92 Å². The fourth-order valence-corrected chi connectivity index (χ4v) is 4.95. The normalized spacial score (nSPS) is 30.2. The summed E-state index contributed by atoms with van der Waals surface area (Å²) in [6.07, 6.45) is 3.89. The number of cyclic esters (lactones) is 1. The van der Waals surface area contributed by atoms with Gasteiger partial charge in [-0.15, -0.1) is 0 Å². The summed E-state index contributed by atoms with van der Waals surface area (Å²) >= 11 is 18.7. The van der Waals surface area contributed by atoms with Crippen LogP contribution in [0.3, 0.4) is 0 Å². The first kappa shape index (κ1) is 17.9. The van der Waals surface area contributed by atoms with E-state index in [9.17, 15) is 4.79 Å². The summed E-state index contributed by atoms with van der Waals surface area (Å²) in [4.78, 5) is 12.3. The number of fused-ring (bicyclic) bond motifs is 1. The molecule has 5 heteroatoms. The quantitative estimate of drug-likeness (QED) is 0.434. The number of rotatable bonds is 2. The Bertz CT molecular complexity index is 875. The van der Waals surface area contributed by atoms with E-state index in [0.29, 0.717) is 15.1 Å². The van der Waals surface area contributed by atoms with Crippen LogP contribution in [0, 0.1) is 11.8 Å². The number of esters is 1. The Kier molecular flexibility index (Phi) is 4.77. The Morgan fingerprint density at radius 2 is 1.54 bits per heavy atom. The molecule has 134 valence electrons. The number of hydrogen-bond acceptors (Lipinski definition) is 2. The van der Waals surface area contributed by atoms with Crippen molar-refractivity contribution in [3.8, 4) is 0 Å². The molecule has 4 rings (SSSR count). The lowest BCUT2D eigenvalue weighted by Crippen LogP contribution is -2.32. The van der Waals surface area contributed by atoms with E-state index in [-0.39, 0.29) is 35.7 Å². The molecule has 0 N–H and O–H groups in total. The second-order valence-electron chi connectivity index (χ2n) is 6.90. The molecule has 0 amide bonds. The van der Waals surface area contributed by atoms with Crippen LogP contribution in [-0.4, -0.2) is 12.1 Å². The van der Waals surface area contributed by atoms with Crippen LogP contribution in [-0.2, 0) is 9.53 Å². The molecular weight excluding hydrogens is 391 g/mol. The van der Waals surface area contributed by atoms with Crippen molar-refractivity contribution < 1.29 is 9.53 Å². The molecule has 1 aliphatic heterocycles. The molecule has 26 heavy (non-hydrogen) atoms. The highest BCUT2D eigenvalue weighted by atomic mass is 35.5. The highest BCUT2D eigenvalue weighted by Gasteiger charge is 2.50. The standard InChI is InChI=1S/C21H17Cl3O2/c1-11-19-17(21(25)26-11)9-8-16(15-7-6-14(23)10-18(15)24)20(19)12-2-4-13(22)5-3-12/h2-11,16-17,19-20H,1H3. The molecule has 0 aromatic heterocycles. The van der Waals surface area contributed by atoms with Crippen LogP contribution in [0.2, 0.25) is 15.1 Å². The number of halogens is 3. The third kappa shape index (κ3) is 3.05. The van der Waals surface area contributed by atoms with Crippen LogP contribution in [0.15, 0.2) is 54.6 Å². The van der Waals surface area contributed by atoms with Gasteiger partial charge >= 0.3 is 5.97 Å². The third-order valence-electron chi connectivity index (χ3n) is 5.43. The largest absolute Gasteiger partial charge is 0.462 e. The maximum absolute atomic E-state index is 12.3. The molecule has 2 nitrogen and oxygen atoms in total. The topological polar surface area (TPSA) is 26.3 Å². The van der Waals surface area contributed by atoms with Crippen molar-refractivity contribution in [2.45, 2.75) is 24.9 Å². The predicted molar refractivity (Wildman–Crippen MR) is 105 cm³/mol. The molecule has 5 unspecified atom stereocenters. The first-order valence-corrected chi connectivity index (χ1v) is 9.68. The van der Waals surface area contributed by atoms with E-state index in [2.05, 4.69) is 6.08 Å². The average molecular weight is 408 g/mol. The summed E-state index contributed by atoms with van der Waals surface area (Å²) < 4.78 is 5.55. The minimum atomic E-state index is -0.229. The lowest BCUT2D eigenvalue weighted by atomic mass is 9.65. The van der Waals surface area contributed by atoms with Crippen LogP contribution in [0.4, 0.5) is 0 Å². The number of carbonyl (C=O) groups excluding carboxylic acids is 1. The Labute approximate surface area is 167 Å². The highest BCUT2D eigenvalue weighted by molar-refractivity contribution is 6.35. The van der Waals surface area contributed by atoms with Gasteiger partial charge in [0.15, 0.2) is 0 Å². The van der Waals surface area contributed by atoms with Gasteiger partial charge < -0.3 is 4.74 Å². The SMILES string of the molecule is CC1OC(=O)C2C=CC(c3ccc(Cl)cc3Cl)C(c3ccc(Cl)cc3)C12. The molecule has 1 heterocycles. The van der Waals surface area contributed by atoms with E-state index in [1.54, 1.807) is 6.07 Å². The summed E-state index contributed by atoms with van der Waals surface area (Å²) in [7, 11) is 0. The zero-order valence-corrected chi connectivity index (χ0v) is 16.3. The number of ether oxygens (including phenoxy) is 1. The van der Waals surface area contributed by atoms with E-state index in [1.807, 2.05) is 49.4 Å². The fourth-order valence-electron chi connectivity index (χ4n) is 4.29. The Balaban J connectivity index is 1.85. The van der Waals surface area contributed by atoms with Crippen molar-refractivity contribution in [3.63, 3.8) is 0 Å². The minimum Gasteiger partial charge on any atom is -0.462 e. The fraction of sp³-hybridized carbons (Fsp3) is 0.286. The molecule has 2 aliphatic rings. The van der Waals surface area contributed by atoms with Gasteiger partial charge in [-0.1, -0.05) is 65.2 Å². The van der Waals surface area contributed by atoms with Gasteiger partial charge in [0.1, 0.15) is 6.10 Å². The van der Waals surface area contributed by atoms with Gasteiger partial charge in [-0.25, -0.2) is 0 Å². The van der Waals surface area contributed by atoms with Crippen LogP contribution < -0.4 is 0 Å². The molecule has 1 saturated heterocycles. The summed E-state index contributed by atoms with van der Waals surface area (Å²) in [5.41, 5.74) is 2.12. The molecular formula is C21H17Cl3O2. The van der Waals surface area contributed by atoms with Crippen LogP contribution in [0.5, 0.6) is 0 Å². The molecule has 0 radical (unpaired) electrons. The number of allylic oxidation sites excluding steroid dienone is 1. The molecule has 1 aliphatic carbocycles. The summed E-state index contributed by atoms with van der Waals surface area (Å²) in [6, 6.07) is 13.4. The van der Waals surface area contributed by atoms with Crippen molar-refractivity contribution in [2.24, 2.45) is 11.8 Å². The zero-order valence-electron chi connectivity index (χ0n) is 14.0. The molecule has 0 saturated carbocycles. The summed E-state index contributed by atoms with van der Waals surface area (Å²) in [5.74, 6) is -0.252. The van der Waals surface area contributed by atoms with Crippen molar-refractivity contribution >= 4 is 40.8 Å². The van der Waals surface area contributed by atoms with E-state index < -0.39 is 0 Å². The van der Waals surface area contributed by atoms with Gasteiger partial charge in [-0.3, -0.25) is 4.79 Å². The Morgan fingerprint density at radius 1 is 0.885 bits per heavy atom. The zero-order chi connectivity index (χ0) is 18.4. The van der Waals surface area contributed by atoms with Crippen molar-refractivity contribution in [2.75, 3.05) is 0 Å². The lowest BCUT2D eigenvalue weighted by molar-refractivity contribution is -0.142. The number of carbonyl (C=O) groups is 1. The predicted octanol–water partition coefficient (Wildman–Crippen LogP) is 6.26. The lowest BCUT2D eigenvalue weighted by Gasteiger charge is -2.37. The molecule has 1 fully saturated rings. The van der Waals surface area contributed by atoms with Crippen LogP contribution in [0.1, 0.15) is 29.9 Å². The average Bonchev–Trinajstić information content (AvgIpc) is 2.90.